The van der Waals surface area contributed by atoms with Crippen molar-refractivity contribution >= 4 is 25.7 Å². The van der Waals surface area contributed by atoms with Gasteiger partial charge in [0.1, 0.15) is 98.7 Å². The van der Waals surface area contributed by atoms with Gasteiger partial charge >= 0.3 is 25.7 Å². The van der Waals surface area contributed by atoms with Crippen molar-refractivity contribution in [2.75, 3.05) is 26.4 Å². The largest absolute Gasteiger partial charge is 0.472 e. The maximum absolute atomic E-state index is 14.3. The Morgan fingerprint density at radius 3 is 1.20 bits per heavy atom. The molecule has 568 valence electrons. The van der Waals surface area contributed by atoms with Crippen LogP contribution in [0.3, 0.4) is 0 Å². The van der Waals surface area contributed by atoms with Crippen LogP contribution in [0.2, 0.25) is 0 Å². The van der Waals surface area contributed by atoms with Gasteiger partial charge in [-0.3, -0.25) is 18.6 Å². The molecule has 24 nitrogen and oxygen atoms in total. The van der Waals surface area contributed by atoms with Crippen LogP contribution in [-0.2, 0) is 61.2 Å². The molecule has 97 heavy (non-hydrogen) atoms. The van der Waals surface area contributed by atoms with Gasteiger partial charge in [-0.25, -0.2) is 9.36 Å². The summed E-state index contributed by atoms with van der Waals surface area (Å²) in [6.45, 7) is 3.33. The normalized spacial score (nSPS) is 27.9. The zero-order chi connectivity index (χ0) is 71.1. The number of phosphoric ester groups is 1. The molecule has 25 heteroatoms. The molecule has 3 fully saturated rings. The van der Waals surface area contributed by atoms with Crippen LogP contribution in [-0.4, -0.2) is 204 Å². The van der Waals surface area contributed by atoms with E-state index in [2.05, 4.69) is 20.8 Å². The molecule has 3 aliphatic rings. The fourth-order valence-electron chi connectivity index (χ4n) is 12.4. The van der Waals surface area contributed by atoms with Gasteiger partial charge in [-0.2, -0.15) is 0 Å². The summed E-state index contributed by atoms with van der Waals surface area (Å²) in [7, 11) is -5.72. The molecule has 2 aliphatic heterocycles. The van der Waals surface area contributed by atoms with Crippen molar-refractivity contribution in [3.63, 3.8) is 0 Å². The van der Waals surface area contributed by atoms with E-state index in [1.54, 1.807) is 6.08 Å². The monoisotopic (exact) mass is 1410 g/mol. The minimum absolute atomic E-state index is 0.0281. The third kappa shape index (κ3) is 37.4. The molecule has 18 atom stereocenters. The predicted molar refractivity (Wildman–Crippen MR) is 365 cm³/mol. The van der Waals surface area contributed by atoms with Crippen LogP contribution in [0.1, 0.15) is 284 Å². The summed E-state index contributed by atoms with van der Waals surface area (Å²) in [5.74, 6) is -2.24. The molecule has 0 aromatic carbocycles. The van der Waals surface area contributed by atoms with Gasteiger partial charge in [0, 0.05) is 18.9 Å². The summed E-state index contributed by atoms with van der Waals surface area (Å²) >= 11 is 0. The molecule has 1 saturated carbocycles. The lowest BCUT2D eigenvalue weighted by atomic mass is 9.84. The molecule has 0 aromatic rings. The molecule has 0 radical (unpaired) electrons. The minimum Gasteiger partial charge on any atom is -0.463 e. The van der Waals surface area contributed by atoms with Gasteiger partial charge in [-0.1, -0.05) is 264 Å². The van der Waals surface area contributed by atoms with Crippen LogP contribution >= 0.6 is 7.82 Å². The summed E-state index contributed by atoms with van der Waals surface area (Å²) < 4.78 is 64.7. The van der Waals surface area contributed by atoms with E-state index in [0.717, 1.165) is 96.0 Å². The van der Waals surface area contributed by atoms with Gasteiger partial charge < -0.3 is 89.1 Å². The Bertz CT molecular complexity index is 2110. The molecular weight excluding hydrogens is 1280 g/mol. The van der Waals surface area contributed by atoms with E-state index in [1.165, 1.54) is 154 Å². The SMILES string of the molecule is CCCCCCCCCCCCC/C=C/C=C/C(=O)OC(COC(=O)CCCCCCCCCCCCC)COP(=O)(O)OC1C(OC2OC(CO)C(O)C(O)C2O)C(O)C(O)C(O)C1OC1OC(COC(=O)CCCCCCCCCCCCCCCCCC)C(O)C(O)C1O. The number of phosphoric acid groups is 1. The van der Waals surface area contributed by atoms with Gasteiger partial charge in [-0.15, -0.1) is 0 Å². The van der Waals surface area contributed by atoms with Crippen molar-refractivity contribution < 1.29 is 117 Å². The van der Waals surface area contributed by atoms with E-state index >= 15 is 0 Å². The zero-order valence-electron chi connectivity index (χ0n) is 59.1. The Morgan fingerprint density at radius 2 is 0.784 bits per heavy atom. The lowest BCUT2D eigenvalue weighted by Gasteiger charge is -2.49. The Balaban J connectivity index is 1.74. The van der Waals surface area contributed by atoms with Crippen molar-refractivity contribution in [2.24, 2.45) is 0 Å². The number of carbonyl (C=O) groups excluding carboxylic acids is 3. The topological polar surface area (TPSA) is 374 Å². The van der Waals surface area contributed by atoms with E-state index < -0.39 is 156 Å². The van der Waals surface area contributed by atoms with Gasteiger partial charge in [0.05, 0.1) is 13.2 Å². The number of ether oxygens (including phenoxy) is 7. The summed E-state index contributed by atoms with van der Waals surface area (Å²) in [4.78, 5) is 50.8. The van der Waals surface area contributed by atoms with Crippen molar-refractivity contribution in [2.45, 2.75) is 388 Å². The second-order valence-electron chi connectivity index (χ2n) is 27.1. The van der Waals surface area contributed by atoms with Crippen LogP contribution in [0, 0.1) is 0 Å². The average Bonchev–Trinajstić information content (AvgIpc) is 0.765. The number of rotatable bonds is 58. The number of aliphatic hydroxyl groups excluding tert-OH is 10. The molecule has 2 heterocycles. The van der Waals surface area contributed by atoms with E-state index in [-0.39, 0.29) is 12.8 Å². The first-order chi connectivity index (χ1) is 46.8. The van der Waals surface area contributed by atoms with E-state index in [0.29, 0.717) is 12.8 Å². The van der Waals surface area contributed by atoms with Crippen molar-refractivity contribution in [1.29, 1.82) is 0 Å². The molecule has 1 aliphatic carbocycles. The van der Waals surface area contributed by atoms with Crippen molar-refractivity contribution in [3.05, 3.63) is 24.3 Å². The summed E-state index contributed by atoms with van der Waals surface area (Å²) in [5.41, 5.74) is 0. The standard InChI is InChI=1S/C72H131O24P/c1-4-7-10-13-16-19-22-24-26-28-29-32-35-38-41-44-47-57(75)89-52-55-60(78)62(80)67(85)72(93-55)95-69-65(83)63(81)64(82)68(94-71-66(84)61(79)59(77)54(49-73)92-71)70(69)96-97(86,87)90-51-53(50-88-56(74)46-43-40-37-34-31-21-18-15-12-9-6-3)91-58(76)48-45-42-39-36-33-30-27-25-23-20-17-14-11-8-5-2/h39,42,45,48,53-55,59-73,77-85H,4-38,40-41,43-44,46-47,49-52H2,1-3H3,(H,86,87)/b42-39+,48-45+. The number of hydrogen-bond donors (Lipinski definition) is 11. The predicted octanol–water partition coefficient (Wildman–Crippen LogP) is 10.1. The second kappa shape index (κ2) is 54.1. The Kier molecular flexibility index (Phi) is 49.5. The highest BCUT2D eigenvalue weighted by Crippen LogP contribution is 2.49. The number of aliphatic hydroxyl groups is 10. The Labute approximate surface area is 579 Å². The number of esters is 3. The molecule has 3 rings (SSSR count). The first-order valence-electron chi connectivity index (χ1n) is 37.7. The van der Waals surface area contributed by atoms with E-state index in [1.807, 2.05) is 6.08 Å². The van der Waals surface area contributed by atoms with Gasteiger partial charge in [-0.05, 0) is 25.7 Å². The third-order valence-electron chi connectivity index (χ3n) is 18.6. The average molecular weight is 1410 g/mol. The smallest absolute Gasteiger partial charge is 0.463 e. The highest BCUT2D eigenvalue weighted by molar-refractivity contribution is 7.47. The Morgan fingerprint density at radius 1 is 0.423 bits per heavy atom. The first kappa shape index (κ1) is 88.7. The fraction of sp³-hybridized carbons (Fsp3) is 0.903. The first-order valence-corrected chi connectivity index (χ1v) is 39.2. The molecule has 0 aromatic heterocycles. The maximum atomic E-state index is 14.3. The highest BCUT2D eigenvalue weighted by Gasteiger charge is 2.58. The van der Waals surface area contributed by atoms with Crippen LogP contribution in [0.15, 0.2) is 24.3 Å². The molecule has 2 saturated heterocycles. The third-order valence-corrected chi connectivity index (χ3v) is 19.6. The molecule has 0 bridgehead atoms. The van der Waals surface area contributed by atoms with Crippen LogP contribution in [0.4, 0.5) is 0 Å². The number of hydrogen-bond acceptors (Lipinski definition) is 23. The van der Waals surface area contributed by atoms with Crippen molar-refractivity contribution in [3.8, 4) is 0 Å². The van der Waals surface area contributed by atoms with E-state index in [9.17, 15) is 74.9 Å². The molecule has 0 amide bonds. The Hall–Kier alpha value is -2.56. The molecule has 0 spiro atoms. The van der Waals surface area contributed by atoms with Gasteiger partial charge in [0.15, 0.2) is 18.7 Å². The quantitative estimate of drug-likeness (QED) is 0.00673. The molecule has 18 unspecified atom stereocenters. The zero-order valence-corrected chi connectivity index (χ0v) is 60.0. The van der Waals surface area contributed by atoms with Crippen LogP contribution in [0.25, 0.3) is 0 Å². The lowest BCUT2D eigenvalue weighted by molar-refractivity contribution is -0.360. The van der Waals surface area contributed by atoms with Crippen LogP contribution < -0.4 is 0 Å². The number of unbranched alkanes of at least 4 members (excludes halogenated alkanes) is 36. The van der Waals surface area contributed by atoms with E-state index in [4.69, 9.17) is 42.2 Å². The highest BCUT2D eigenvalue weighted by atomic mass is 31.2. The maximum Gasteiger partial charge on any atom is 0.472 e. The van der Waals surface area contributed by atoms with Gasteiger partial charge in [0.25, 0.3) is 0 Å². The summed E-state index contributed by atoms with van der Waals surface area (Å²) in [6, 6.07) is 0. The summed E-state index contributed by atoms with van der Waals surface area (Å²) in [5, 5.41) is 110. The molecular formula is C72H131O24P. The number of allylic oxidation sites excluding steroid dienone is 3. The molecule has 11 N–H and O–H groups in total. The summed E-state index contributed by atoms with van der Waals surface area (Å²) in [6.07, 6.45) is 14.7. The lowest BCUT2D eigenvalue weighted by Crippen LogP contribution is -2.69. The van der Waals surface area contributed by atoms with Crippen molar-refractivity contribution in [1.82, 2.24) is 0 Å². The minimum atomic E-state index is -5.72. The van der Waals surface area contributed by atoms with Crippen LogP contribution in [0.5, 0.6) is 0 Å². The fourth-order valence-corrected chi connectivity index (χ4v) is 13.4. The second-order valence-corrected chi connectivity index (χ2v) is 28.5. The van der Waals surface area contributed by atoms with Gasteiger partial charge in [0.2, 0.25) is 0 Å². The number of carbonyl (C=O) groups is 3.